The summed E-state index contributed by atoms with van der Waals surface area (Å²) in [5.41, 5.74) is 1.57. The van der Waals surface area contributed by atoms with E-state index in [1.807, 2.05) is 30.3 Å². The van der Waals surface area contributed by atoms with E-state index in [1.165, 1.54) is 4.90 Å². The number of thiocarbonyl (C=S) groups is 1. The van der Waals surface area contributed by atoms with Crippen LogP contribution in [0.15, 0.2) is 48.0 Å². The molecule has 1 aromatic carbocycles. The largest absolute Gasteiger partial charge is 0.439 e. The number of fused-ring (bicyclic) bond motifs is 1. The number of likely N-dealkylation sites (N-methyl/N-ethyl adjacent to an activating group) is 2. The lowest BCUT2D eigenvalue weighted by Gasteiger charge is -2.15. The fourth-order valence-electron chi connectivity index (χ4n) is 2.57. The van der Waals surface area contributed by atoms with Crippen molar-refractivity contribution in [3.63, 3.8) is 0 Å². The molecule has 6 heteroatoms. The van der Waals surface area contributed by atoms with Gasteiger partial charge in [0.15, 0.2) is 10.9 Å². The molecule has 1 aromatic rings. The van der Waals surface area contributed by atoms with Gasteiger partial charge < -0.3 is 14.5 Å². The van der Waals surface area contributed by atoms with Crippen LogP contribution in [0.4, 0.5) is 5.69 Å². The van der Waals surface area contributed by atoms with Gasteiger partial charge in [0.2, 0.25) is 5.88 Å². The normalized spacial score (nSPS) is 21.1. The molecule has 0 N–H and O–H groups in total. The highest BCUT2D eigenvalue weighted by molar-refractivity contribution is 7.80. The van der Waals surface area contributed by atoms with Gasteiger partial charge in [-0.15, -0.1) is 0 Å². The summed E-state index contributed by atoms with van der Waals surface area (Å²) in [4.78, 5) is 17.4. The van der Waals surface area contributed by atoms with Gasteiger partial charge in [0.25, 0.3) is 5.91 Å². The molecular weight excluding hydrogens is 298 g/mol. The van der Waals surface area contributed by atoms with E-state index >= 15 is 0 Å². The summed E-state index contributed by atoms with van der Waals surface area (Å²) in [6, 6.07) is 7.87. The van der Waals surface area contributed by atoms with Crippen LogP contribution < -0.4 is 9.64 Å². The maximum Gasteiger partial charge on any atom is 0.276 e. The average Bonchev–Trinajstić information content (AvgIpc) is 2.97. The number of amides is 1. The lowest BCUT2D eigenvalue weighted by atomic mass is 10.3. The zero-order chi connectivity index (χ0) is 15.9. The standard InChI is InChI=1S/C16H17N3O2S/c1-4-19-11-7-5-6-8-13(11)21-14(19)10-9-12-15(20)18(3)16(22)17(12)2/h5-10H,4H2,1-3H3/b12-9-,14-10+. The van der Waals surface area contributed by atoms with E-state index in [9.17, 15) is 4.79 Å². The molecular formula is C16H17N3O2S. The third-order valence-corrected chi connectivity index (χ3v) is 4.34. The van der Waals surface area contributed by atoms with E-state index < -0.39 is 0 Å². The molecule has 0 aliphatic carbocycles. The Balaban J connectivity index is 1.93. The molecule has 0 aromatic heterocycles. The second-order valence-corrected chi connectivity index (χ2v) is 5.44. The Bertz CT molecular complexity index is 711. The van der Waals surface area contributed by atoms with E-state index in [0.717, 1.165) is 18.0 Å². The molecule has 114 valence electrons. The predicted molar refractivity (Wildman–Crippen MR) is 89.4 cm³/mol. The van der Waals surface area contributed by atoms with Crippen molar-refractivity contribution in [3.8, 4) is 5.75 Å². The Kier molecular flexibility index (Phi) is 3.62. The van der Waals surface area contributed by atoms with Crippen molar-refractivity contribution >= 4 is 28.9 Å². The number of hydrogen-bond acceptors (Lipinski definition) is 4. The molecule has 1 fully saturated rings. The second-order valence-electron chi connectivity index (χ2n) is 5.08. The zero-order valence-electron chi connectivity index (χ0n) is 12.7. The van der Waals surface area contributed by atoms with Gasteiger partial charge in [0.1, 0.15) is 5.70 Å². The third kappa shape index (κ3) is 2.16. The van der Waals surface area contributed by atoms with Gasteiger partial charge >= 0.3 is 0 Å². The van der Waals surface area contributed by atoms with Crippen molar-refractivity contribution in [2.75, 3.05) is 25.5 Å². The van der Waals surface area contributed by atoms with Crippen LogP contribution in [0.2, 0.25) is 0 Å². The smallest absolute Gasteiger partial charge is 0.276 e. The van der Waals surface area contributed by atoms with Gasteiger partial charge in [0, 0.05) is 26.7 Å². The number of hydrogen-bond donors (Lipinski definition) is 0. The maximum absolute atomic E-state index is 12.1. The maximum atomic E-state index is 12.1. The van der Waals surface area contributed by atoms with Crippen LogP contribution in [0.25, 0.3) is 0 Å². The van der Waals surface area contributed by atoms with Crippen LogP contribution in [0.1, 0.15) is 6.92 Å². The monoisotopic (exact) mass is 315 g/mol. The van der Waals surface area contributed by atoms with Crippen molar-refractivity contribution in [1.82, 2.24) is 9.80 Å². The summed E-state index contributed by atoms with van der Waals surface area (Å²) in [6.07, 6.45) is 3.57. The van der Waals surface area contributed by atoms with E-state index in [2.05, 4.69) is 11.8 Å². The van der Waals surface area contributed by atoms with E-state index in [0.29, 0.717) is 16.7 Å². The molecule has 0 atom stereocenters. The summed E-state index contributed by atoms with van der Waals surface area (Å²) in [5.74, 6) is 1.42. The van der Waals surface area contributed by atoms with Crippen molar-refractivity contribution in [2.45, 2.75) is 6.92 Å². The zero-order valence-corrected chi connectivity index (χ0v) is 13.6. The lowest BCUT2D eigenvalue weighted by molar-refractivity contribution is -0.121. The molecule has 2 heterocycles. The molecule has 3 rings (SSSR count). The Morgan fingerprint density at radius 1 is 1.18 bits per heavy atom. The number of rotatable bonds is 2. The van der Waals surface area contributed by atoms with Gasteiger partial charge in [-0.25, -0.2) is 0 Å². The first kappa shape index (κ1) is 14.6. The first-order valence-corrected chi connectivity index (χ1v) is 7.47. The lowest BCUT2D eigenvalue weighted by Crippen LogP contribution is -2.26. The number of carbonyl (C=O) groups excluding carboxylic acids is 1. The topological polar surface area (TPSA) is 36.0 Å². The molecule has 1 amide bonds. The van der Waals surface area contributed by atoms with Crippen LogP contribution in [-0.2, 0) is 4.79 Å². The second kappa shape index (κ2) is 5.46. The minimum atomic E-state index is -0.108. The highest BCUT2D eigenvalue weighted by Gasteiger charge is 2.32. The van der Waals surface area contributed by atoms with Crippen LogP contribution in [0.5, 0.6) is 5.75 Å². The number of benzene rings is 1. The quantitative estimate of drug-likeness (QED) is 0.618. The molecule has 5 nitrogen and oxygen atoms in total. The van der Waals surface area contributed by atoms with Crippen LogP contribution in [0, 0.1) is 0 Å². The number of carbonyl (C=O) groups is 1. The summed E-state index contributed by atoms with van der Waals surface area (Å²) in [5, 5.41) is 0.498. The number of para-hydroxylation sites is 2. The molecule has 2 aliphatic rings. The van der Waals surface area contributed by atoms with E-state index in [1.54, 1.807) is 25.1 Å². The summed E-state index contributed by atoms with van der Waals surface area (Å²) < 4.78 is 5.86. The molecule has 0 saturated carbocycles. The van der Waals surface area contributed by atoms with Crippen LogP contribution in [0.3, 0.4) is 0 Å². The van der Waals surface area contributed by atoms with Crippen molar-refractivity contribution in [2.24, 2.45) is 0 Å². The minimum absolute atomic E-state index is 0.108. The molecule has 0 unspecified atom stereocenters. The third-order valence-electron chi connectivity index (χ3n) is 3.80. The van der Waals surface area contributed by atoms with E-state index in [-0.39, 0.29) is 5.91 Å². The summed E-state index contributed by atoms with van der Waals surface area (Å²) in [6.45, 7) is 2.84. The number of anilines is 1. The Labute approximate surface area is 135 Å². The molecule has 22 heavy (non-hydrogen) atoms. The molecule has 0 spiro atoms. The molecule has 2 aliphatic heterocycles. The Morgan fingerprint density at radius 3 is 2.55 bits per heavy atom. The predicted octanol–water partition coefficient (Wildman–Crippen LogP) is 2.32. The fraction of sp³-hybridized carbons (Fsp3) is 0.250. The highest BCUT2D eigenvalue weighted by atomic mass is 32.1. The number of ether oxygens (including phenoxy) is 1. The van der Waals surface area contributed by atoms with Gasteiger partial charge in [-0.3, -0.25) is 9.69 Å². The molecule has 0 bridgehead atoms. The minimum Gasteiger partial charge on any atom is -0.439 e. The van der Waals surface area contributed by atoms with Gasteiger partial charge in [-0.2, -0.15) is 0 Å². The molecule has 0 radical (unpaired) electrons. The van der Waals surface area contributed by atoms with Crippen LogP contribution >= 0.6 is 12.2 Å². The first-order valence-electron chi connectivity index (χ1n) is 7.06. The number of nitrogens with zero attached hydrogens (tertiary/aromatic N) is 3. The summed E-state index contributed by atoms with van der Waals surface area (Å²) in [7, 11) is 3.46. The van der Waals surface area contributed by atoms with Crippen molar-refractivity contribution < 1.29 is 9.53 Å². The van der Waals surface area contributed by atoms with E-state index in [4.69, 9.17) is 17.0 Å². The Morgan fingerprint density at radius 2 is 1.91 bits per heavy atom. The van der Waals surface area contributed by atoms with Gasteiger partial charge in [-0.1, -0.05) is 12.1 Å². The van der Waals surface area contributed by atoms with Gasteiger partial charge in [-0.05, 0) is 37.4 Å². The van der Waals surface area contributed by atoms with Crippen molar-refractivity contribution in [3.05, 3.63) is 48.0 Å². The number of allylic oxidation sites excluding steroid dienone is 2. The SMILES string of the molecule is CCN1/C(=C\C=C2\C(=O)N(C)C(=S)N2C)Oc2ccccc21. The highest BCUT2D eigenvalue weighted by Crippen LogP contribution is 2.38. The summed E-state index contributed by atoms with van der Waals surface area (Å²) >= 11 is 5.20. The van der Waals surface area contributed by atoms with Gasteiger partial charge in [0.05, 0.1) is 5.69 Å². The fourth-order valence-corrected chi connectivity index (χ4v) is 2.75. The molecule has 1 saturated heterocycles. The average molecular weight is 315 g/mol. The van der Waals surface area contributed by atoms with Crippen LogP contribution in [-0.4, -0.2) is 41.5 Å². The Hall–Kier alpha value is -2.34. The van der Waals surface area contributed by atoms with Crippen molar-refractivity contribution in [1.29, 1.82) is 0 Å². The first-order chi connectivity index (χ1) is 10.5.